The summed E-state index contributed by atoms with van der Waals surface area (Å²) in [5, 5.41) is 3.01. The van der Waals surface area contributed by atoms with Gasteiger partial charge in [0.05, 0.1) is 18.0 Å². The average Bonchev–Trinajstić information content (AvgIpc) is 2.66. The number of methoxy groups -OCH3 is 1. The maximum absolute atomic E-state index is 12.8. The molecule has 2 N–H and O–H groups in total. The first-order valence-corrected chi connectivity index (χ1v) is 10.3. The zero-order chi connectivity index (χ0) is 20.5. The van der Waals surface area contributed by atoms with Gasteiger partial charge in [0.2, 0.25) is 10.0 Å². The Morgan fingerprint density at radius 1 is 1.21 bits per heavy atom. The van der Waals surface area contributed by atoms with Crippen LogP contribution in [0.2, 0.25) is 0 Å². The van der Waals surface area contributed by atoms with Crippen LogP contribution in [0.4, 0.5) is 0 Å². The third-order valence-electron chi connectivity index (χ3n) is 4.66. The number of benzene rings is 2. The number of rotatable bonds is 5. The maximum Gasteiger partial charge on any atom is 0.251 e. The van der Waals surface area contributed by atoms with Gasteiger partial charge in [-0.1, -0.05) is 6.07 Å². The van der Waals surface area contributed by atoms with E-state index in [0.29, 0.717) is 17.9 Å². The molecule has 0 aliphatic carbocycles. The highest BCUT2D eigenvalue weighted by Gasteiger charge is 2.35. The Balaban J connectivity index is 1.90. The number of sulfonamides is 1. The average molecular weight is 404 g/mol. The third-order valence-corrected chi connectivity index (χ3v) is 6.07. The summed E-state index contributed by atoms with van der Waals surface area (Å²) in [6, 6.07) is 11.2. The van der Waals surface area contributed by atoms with E-state index in [1.54, 1.807) is 25.3 Å². The third kappa shape index (κ3) is 4.13. The van der Waals surface area contributed by atoms with Crippen molar-refractivity contribution < 1.29 is 22.7 Å². The van der Waals surface area contributed by atoms with Crippen LogP contribution in [0.25, 0.3) is 0 Å². The lowest BCUT2D eigenvalue weighted by Crippen LogP contribution is -2.41. The second-order valence-corrected chi connectivity index (χ2v) is 9.12. The van der Waals surface area contributed by atoms with E-state index in [0.717, 1.165) is 5.56 Å². The minimum absolute atomic E-state index is 0.0418. The number of fused-ring (bicyclic) bond motifs is 1. The molecule has 0 fully saturated rings. The molecular weight excluding hydrogens is 380 g/mol. The number of carbonyl (C=O) groups is 1. The quantitative estimate of drug-likeness (QED) is 0.799. The van der Waals surface area contributed by atoms with Crippen LogP contribution in [-0.4, -0.2) is 34.1 Å². The zero-order valence-corrected chi connectivity index (χ0v) is 17.1. The molecule has 0 saturated carbocycles. The molecular formula is C20H24N2O5S. The first-order chi connectivity index (χ1) is 13.1. The fraction of sp³-hybridized carbons (Fsp3) is 0.350. The van der Waals surface area contributed by atoms with E-state index >= 15 is 0 Å². The molecule has 7 nitrogen and oxygen atoms in total. The van der Waals surface area contributed by atoms with Crippen molar-refractivity contribution in [2.75, 3.05) is 14.2 Å². The van der Waals surface area contributed by atoms with Crippen LogP contribution < -0.4 is 19.5 Å². The van der Waals surface area contributed by atoms with E-state index in [1.165, 1.54) is 19.2 Å². The van der Waals surface area contributed by atoms with Crippen molar-refractivity contribution in [3.05, 3.63) is 53.6 Å². The largest absolute Gasteiger partial charge is 0.497 e. The van der Waals surface area contributed by atoms with Crippen molar-refractivity contribution in [2.24, 2.45) is 0 Å². The number of ether oxygens (including phenoxy) is 2. The van der Waals surface area contributed by atoms with E-state index < -0.39 is 15.6 Å². The molecule has 1 heterocycles. The summed E-state index contributed by atoms with van der Waals surface area (Å²) in [7, 11) is -0.711. The lowest BCUT2D eigenvalue weighted by Gasteiger charge is -2.38. The molecule has 8 heteroatoms. The van der Waals surface area contributed by atoms with E-state index in [9.17, 15) is 13.2 Å². The summed E-state index contributed by atoms with van der Waals surface area (Å²) < 4.78 is 37.6. The zero-order valence-electron chi connectivity index (χ0n) is 16.3. The fourth-order valence-electron chi connectivity index (χ4n) is 3.25. The van der Waals surface area contributed by atoms with Crippen molar-refractivity contribution in [2.45, 2.75) is 36.8 Å². The Morgan fingerprint density at radius 2 is 1.96 bits per heavy atom. The molecule has 0 unspecified atom stereocenters. The predicted molar refractivity (Wildman–Crippen MR) is 105 cm³/mol. The molecule has 150 valence electrons. The molecule has 3 rings (SSSR count). The lowest BCUT2D eigenvalue weighted by atomic mass is 9.89. The molecule has 1 aliphatic heterocycles. The fourth-order valence-corrected chi connectivity index (χ4v) is 4.03. The monoisotopic (exact) mass is 404 g/mol. The van der Waals surface area contributed by atoms with Crippen molar-refractivity contribution in [3.8, 4) is 11.5 Å². The molecule has 2 aromatic carbocycles. The number of amides is 1. The van der Waals surface area contributed by atoms with E-state index in [2.05, 4.69) is 10.0 Å². The van der Waals surface area contributed by atoms with Gasteiger partial charge in [0, 0.05) is 23.6 Å². The van der Waals surface area contributed by atoms with Gasteiger partial charge in [-0.2, -0.15) is 0 Å². The second-order valence-electron chi connectivity index (χ2n) is 7.23. The van der Waals surface area contributed by atoms with Crippen LogP contribution in [0.5, 0.6) is 11.5 Å². The predicted octanol–water partition coefficient (Wildman–Crippen LogP) is 2.64. The SMILES string of the molecule is CNS(=O)(=O)c1cccc(C(=O)N[C@H]2CC(C)(C)Oc3cc(OC)ccc32)c1. The summed E-state index contributed by atoms with van der Waals surface area (Å²) in [5.74, 6) is 0.983. The van der Waals surface area contributed by atoms with Crippen LogP contribution in [-0.2, 0) is 10.0 Å². The topological polar surface area (TPSA) is 93.7 Å². The molecule has 1 amide bonds. The molecule has 1 aliphatic rings. The second kappa shape index (κ2) is 7.44. The molecule has 0 radical (unpaired) electrons. The van der Waals surface area contributed by atoms with Gasteiger partial charge >= 0.3 is 0 Å². The molecule has 1 atom stereocenters. The summed E-state index contributed by atoms with van der Waals surface area (Å²) in [6.07, 6.45) is 0.576. The molecule has 0 spiro atoms. The first-order valence-electron chi connectivity index (χ1n) is 8.86. The van der Waals surface area contributed by atoms with E-state index in [4.69, 9.17) is 9.47 Å². The molecule has 28 heavy (non-hydrogen) atoms. The van der Waals surface area contributed by atoms with Crippen LogP contribution in [0.3, 0.4) is 0 Å². The van der Waals surface area contributed by atoms with Crippen LogP contribution >= 0.6 is 0 Å². The normalized spacial score (nSPS) is 17.9. The summed E-state index contributed by atoms with van der Waals surface area (Å²) in [5.41, 5.74) is 0.650. The van der Waals surface area contributed by atoms with Gasteiger partial charge in [0.15, 0.2) is 0 Å². The maximum atomic E-state index is 12.8. The van der Waals surface area contributed by atoms with Gasteiger partial charge in [0.25, 0.3) is 5.91 Å². The van der Waals surface area contributed by atoms with Crippen LogP contribution in [0, 0.1) is 0 Å². The number of hydrogen-bond donors (Lipinski definition) is 2. The molecule has 2 aromatic rings. The van der Waals surface area contributed by atoms with Gasteiger partial charge in [-0.15, -0.1) is 0 Å². The Bertz CT molecular complexity index is 1000. The summed E-state index contributed by atoms with van der Waals surface area (Å²) in [4.78, 5) is 12.9. The van der Waals surface area contributed by atoms with Crippen molar-refractivity contribution in [3.63, 3.8) is 0 Å². The number of carbonyl (C=O) groups excluding carboxylic acids is 1. The molecule has 0 bridgehead atoms. The van der Waals surface area contributed by atoms with Gasteiger partial charge < -0.3 is 14.8 Å². The molecule has 0 saturated heterocycles. The van der Waals surface area contributed by atoms with Gasteiger partial charge in [-0.3, -0.25) is 4.79 Å². The van der Waals surface area contributed by atoms with Crippen LogP contribution in [0.15, 0.2) is 47.4 Å². The highest BCUT2D eigenvalue weighted by Crippen LogP contribution is 2.41. The van der Waals surface area contributed by atoms with Crippen molar-refractivity contribution in [1.82, 2.24) is 10.0 Å². The highest BCUT2D eigenvalue weighted by molar-refractivity contribution is 7.89. The molecule has 0 aromatic heterocycles. The summed E-state index contributed by atoms with van der Waals surface area (Å²) >= 11 is 0. The van der Waals surface area contributed by atoms with Gasteiger partial charge in [-0.05, 0) is 51.2 Å². The minimum atomic E-state index is -3.63. The van der Waals surface area contributed by atoms with Crippen LogP contribution in [0.1, 0.15) is 42.2 Å². The van der Waals surface area contributed by atoms with Crippen molar-refractivity contribution in [1.29, 1.82) is 0 Å². The number of nitrogens with one attached hydrogen (secondary N) is 2. The van der Waals surface area contributed by atoms with Gasteiger partial charge in [-0.25, -0.2) is 13.1 Å². The summed E-state index contributed by atoms with van der Waals surface area (Å²) in [6.45, 7) is 3.91. The Labute approximate surface area is 165 Å². The smallest absolute Gasteiger partial charge is 0.251 e. The Kier molecular flexibility index (Phi) is 5.36. The van der Waals surface area contributed by atoms with Gasteiger partial charge in [0.1, 0.15) is 17.1 Å². The first kappa shape index (κ1) is 20.2. The van der Waals surface area contributed by atoms with Crippen molar-refractivity contribution >= 4 is 15.9 Å². The Morgan fingerprint density at radius 3 is 2.64 bits per heavy atom. The minimum Gasteiger partial charge on any atom is -0.497 e. The lowest BCUT2D eigenvalue weighted by molar-refractivity contribution is 0.0617. The number of hydrogen-bond acceptors (Lipinski definition) is 5. The Hall–Kier alpha value is -2.58. The standard InChI is InChI=1S/C20H24N2O5S/c1-20(2)12-17(16-9-8-14(26-4)11-18(16)27-20)22-19(23)13-6-5-7-15(10-13)28(24,25)21-3/h5-11,17,21H,12H2,1-4H3,(H,22,23)/t17-/m0/s1. The van der Waals surface area contributed by atoms with E-state index in [-0.39, 0.29) is 22.4 Å². The van der Waals surface area contributed by atoms with E-state index in [1.807, 2.05) is 26.0 Å². The highest BCUT2D eigenvalue weighted by atomic mass is 32.2.